The molecule has 0 saturated carbocycles. The second kappa shape index (κ2) is 7.33. The summed E-state index contributed by atoms with van der Waals surface area (Å²) in [6, 6.07) is 10.6. The number of carbonyl (C=O) groups is 1. The molecule has 1 aromatic carbocycles. The van der Waals surface area contributed by atoms with E-state index in [9.17, 15) is 18.0 Å². The number of rotatable bonds is 2. The van der Waals surface area contributed by atoms with Crippen LogP contribution in [0.5, 0.6) is 0 Å². The Morgan fingerprint density at radius 1 is 1.23 bits per heavy atom. The smallest absolute Gasteiger partial charge is 0.367 e. The summed E-state index contributed by atoms with van der Waals surface area (Å²) < 4.78 is 44.2. The van der Waals surface area contributed by atoms with E-state index in [2.05, 4.69) is 10.3 Å². The van der Waals surface area contributed by atoms with E-state index in [1.54, 1.807) is 0 Å². The summed E-state index contributed by atoms with van der Waals surface area (Å²) in [7, 11) is 0. The first-order valence-corrected chi connectivity index (χ1v) is 8.12. The number of ether oxygens (including phenoxy) is 1. The molecule has 8 heteroatoms. The van der Waals surface area contributed by atoms with Gasteiger partial charge in [-0.3, -0.25) is 5.32 Å². The second-order valence-electron chi connectivity index (χ2n) is 6.11. The summed E-state index contributed by atoms with van der Waals surface area (Å²) >= 11 is 0. The van der Waals surface area contributed by atoms with Gasteiger partial charge in [-0.15, -0.1) is 0 Å². The van der Waals surface area contributed by atoms with Crippen LogP contribution in [0.1, 0.15) is 24.2 Å². The lowest BCUT2D eigenvalue weighted by Crippen LogP contribution is -2.47. The molecule has 1 aliphatic rings. The number of hydrogen-bond donors (Lipinski definition) is 1. The number of aromatic nitrogens is 1. The van der Waals surface area contributed by atoms with Gasteiger partial charge in [0.2, 0.25) is 0 Å². The zero-order valence-electron chi connectivity index (χ0n) is 14.0. The SMILES string of the molecule is CC1CN(C(=O)Nc2cc(C(F)(F)F)ccn2)CC(c2ccccc2)O1. The number of nitrogens with one attached hydrogen (secondary N) is 1. The van der Waals surface area contributed by atoms with Crippen molar-refractivity contribution >= 4 is 11.8 Å². The van der Waals surface area contributed by atoms with E-state index in [1.807, 2.05) is 37.3 Å². The molecular weight excluding hydrogens is 347 g/mol. The number of morpholine rings is 1. The largest absolute Gasteiger partial charge is 0.416 e. The second-order valence-corrected chi connectivity index (χ2v) is 6.11. The molecule has 0 aliphatic carbocycles. The topological polar surface area (TPSA) is 54.5 Å². The molecule has 1 saturated heterocycles. The molecule has 1 N–H and O–H groups in total. The van der Waals surface area contributed by atoms with Crippen LogP contribution in [0.2, 0.25) is 0 Å². The van der Waals surface area contributed by atoms with Gasteiger partial charge in [0, 0.05) is 12.7 Å². The van der Waals surface area contributed by atoms with Crippen molar-refractivity contribution in [2.45, 2.75) is 25.3 Å². The van der Waals surface area contributed by atoms with Gasteiger partial charge < -0.3 is 9.64 Å². The highest BCUT2D eigenvalue weighted by Crippen LogP contribution is 2.30. The number of benzene rings is 1. The van der Waals surface area contributed by atoms with E-state index < -0.39 is 17.8 Å². The van der Waals surface area contributed by atoms with Crippen molar-refractivity contribution in [1.29, 1.82) is 0 Å². The fraction of sp³-hybridized carbons (Fsp3) is 0.333. The van der Waals surface area contributed by atoms with Gasteiger partial charge in [0.25, 0.3) is 0 Å². The van der Waals surface area contributed by atoms with Crippen molar-refractivity contribution in [3.63, 3.8) is 0 Å². The Kier molecular flexibility index (Phi) is 5.13. The Balaban J connectivity index is 1.71. The number of carbonyl (C=O) groups excluding carboxylic acids is 1. The number of alkyl halides is 3. The quantitative estimate of drug-likeness (QED) is 0.872. The third-order valence-corrected chi connectivity index (χ3v) is 4.04. The van der Waals surface area contributed by atoms with Gasteiger partial charge in [-0.25, -0.2) is 9.78 Å². The maximum absolute atomic E-state index is 12.8. The number of urea groups is 1. The molecule has 26 heavy (non-hydrogen) atoms. The predicted octanol–water partition coefficient (Wildman–Crippen LogP) is 4.09. The lowest BCUT2D eigenvalue weighted by molar-refractivity contribution is -0.137. The number of anilines is 1. The highest BCUT2D eigenvalue weighted by atomic mass is 19.4. The van der Waals surface area contributed by atoms with Crippen molar-refractivity contribution in [2.24, 2.45) is 0 Å². The van der Waals surface area contributed by atoms with Crippen LogP contribution in [0, 0.1) is 0 Å². The molecule has 5 nitrogen and oxygen atoms in total. The van der Waals surface area contributed by atoms with E-state index in [4.69, 9.17) is 4.74 Å². The fourth-order valence-corrected chi connectivity index (χ4v) is 2.83. The van der Waals surface area contributed by atoms with E-state index in [0.717, 1.165) is 23.9 Å². The van der Waals surface area contributed by atoms with Crippen LogP contribution in [0.3, 0.4) is 0 Å². The molecule has 0 radical (unpaired) electrons. The Morgan fingerprint density at radius 3 is 2.65 bits per heavy atom. The van der Waals surface area contributed by atoms with Crippen LogP contribution in [0.15, 0.2) is 48.7 Å². The molecule has 3 rings (SSSR count). The Hall–Kier alpha value is -2.61. The number of nitrogens with zero attached hydrogens (tertiary/aromatic N) is 2. The number of pyridine rings is 1. The van der Waals surface area contributed by atoms with Crippen LogP contribution in [-0.4, -0.2) is 35.1 Å². The minimum Gasteiger partial charge on any atom is -0.367 e. The molecule has 2 aromatic rings. The molecule has 138 valence electrons. The van der Waals surface area contributed by atoms with Gasteiger partial charge in [-0.2, -0.15) is 13.2 Å². The average molecular weight is 365 g/mol. The summed E-state index contributed by atoms with van der Waals surface area (Å²) in [5.74, 6) is -0.139. The van der Waals surface area contributed by atoms with Gasteiger partial charge in [0.05, 0.1) is 18.2 Å². The van der Waals surface area contributed by atoms with Crippen molar-refractivity contribution in [1.82, 2.24) is 9.88 Å². The minimum absolute atomic E-state index is 0.139. The van der Waals surface area contributed by atoms with Crippen LogP contribution in [0.4, 0.5) is 23.8 Å². The van der Waals surface area contributed by atoms with Gasteiger partial charge in [0.15, 0.2) is 0 Å². The number of hydrogen-bond acceptors (Lipinski definition) is 3. The standard InChI is InChI=1S/C18H18F3N3O2/c1-12-10-24(11-15(26-12)13-5-3-2-4-6-13)17(25)23-16-9-14(7-8-22-16)18(19,20)21/h2-9,12,15H,10-11H2,1H3,(H,22,23,25). The van der Waals surface area contributed by atoms with Crippen LogP contribution in [0.25, 0.3) is 0 Å². The Bertz CT molecular complexity index is 768. The highest BCUT2D eigenvalue weighted by molar-refractivity contribution is 5.88. The number of amides is 2. The molecule has 1 aromatic heterocycles. The summed E-state index contributed by atoms with van der Waals surface area (Å²) in [5, 5.41) is 2.44. The molecule has 2 amide bonds. The minimum atomic E-state index is -4.49. The maximum atomic E-state index is 12.8. The first-order valence-electron chi connectivity index (χ1n) is 8.12. The fourth-order valence-electron chi connectivity index (χ4n) is 2.83. The number of halogens is 3. The van der Waals surface area contributed by atoms with Crippen molar-refractivity contribution in [3.8, 4) is 0 Å². The molecular formula is C18H18F3N3O2. The lowest BCUT2D eigenvalue weighted by Gasteiger charge is -2.36. The van der Waals surface area contributed by atoms with Gasteiger partial charge in [0.1, 0.15) is 11.9 Å². The summed E-state index contributed by atoms with van der Waals surface area (Å²) in [5.41, 5.74) is 0.0781. The summed E-state index contributed by atoms with van der Waals surface area (Å²) in [4.78, 5) is 17.8. The highest BCUT2D eigenvalue weighted by Gasteiger charge is 2.32. The van der Waals surface area contributed by atoms with Crippen molar-refractivity contribution < 1.29 is 22.7 Å². The molecule has 2 atom stereocenters. The normalized spacial score (nSPS) is 20.7. The molecule has 0 spiro atoms. The van der Waals surface area contributed by atoms with Crippen LogP contribution >= 0.6 is 0 Å². The third kappa shape index (κ3) is 4.32. The molecule has 0 bridgehead atoms. The first kappa shape index (κ1) is 18.2. The molecule has 1 fully saturated rings. The monoisotopic (exact) mass is 365 g/mol. The predicted molar refractivity (Wildman–Crippen MR) is 89.6 cm³/mol. The van der Waals surface area contributed by atoms with E-state index in [1.165, 1.54) is 4.90 Å². The molecule has 2 heterocycles. The Labute approximate surface area is 148 Å². The van der Waals surface area contributed by atoms with Crippen LogP contribution < -0.4 is 5.32 Å². The molecule has 1 aliphatic heterocycles. The van der Waals surface area contributed by atoms with Crippen LogP contribution in [-0.2, 0) is 10.9 Å². The zero-order chi connectivity index (χ0) is 18.7. The maximum Gasteiger partial charge on any atom is 0.416 e. The zero-order valence-corrected chi connectivity index (χ0v) is 14.0. The van der Waals surface area contributed by atoms with Crippen molar-refractivity contribution in [3.05, 3.63) is 59.8 Å². The van der Waals surface area contributed by atoms with Gasteiger partial charge >= 0.3 is 12.2 Å². The third-order valence-electron chi connectivity index (χ3n) is 4.04. The first-order chi connectivity index (χ1) is 12.3. The summed E-state index contributed by atoms with van der Waals surface area (Å²) in [6.45, 7) is 2.49. The van der Waals surface area contributed by atoms with Gasteiger partial charge in [-0.05, 0) is 24.6 Å². The average Bonchev–Trinajstić information content (AvgIpc) is 2.61. The van der Waals surface area contributed by atoms with Gasteiger partial charge in [-0.1, -0.05) is 30.3 Å². The Morgan fingerprint density at radius 2 is 1.96 bits per heavy atom. The molecule has 2 unspecified atom stereocenters. The lowest BCUT2D eigenvalue weighted by atomic mass is 10.1. The van der Waals surface area contributed by atoms with E-state index >= 15 is 0 Å². The summed E-state index contributed by atoms with van der Waals surface area (Å²) in [6.07, 6.45) is -3.96. The van der Waals surface area contributed by atoms with E-state index in [0.29, 0.717) is 13.1 Å². The van der Waals surface area contributed by atoms with E-state index in [-0.39, 0.29) is 18.0 Å². The van der Waals surface area contributed by atoms with Crippen molar-refractivity contribution in [2.75, 3.05) is 18.4 Å².